The van der Waals surface area contributed by atoms with E-state index in [1.54, 1.807) is 0 Å². The molecule has 0 atom stereocenters. The van der Waals surface area contributed by atoms with Crippen LogP contribution in [0, 0.1) is 0 Å². The molecule has 0 aliphatic rings. The van der Waals surface area contributed by atoms with E-state index in [-0.39, 0.29) is 0 Å². The van der Waals surface area contributed by atoms with Gasteiger partial charge in [0, 0.05) is 6.92 Å². The molecule has 1 N–H and O–H groups in total. The summed E-state index contributed by atoms with van der Waals surface area (Å²) in [6.45, 7) is -0.935. The molecule has 146 valence electrons. The van der Waals surface area contributed by atoms with Gasteiger partial charge >= 0.3 is 28.5 Å². The third-order valence-corrected chi connectivity index (χ3v) is 5.73. The molecule has 0 aliphatic carbocycles. The van der Waals surface area contributed by atoms with E-state index in [2.05, 4.69) is 0 Å². The van der Waals surface area contributed by atoms with Crippen molar-refractivity contribution in [3.63, 3.8) is 0 Å². The standard InChI is InChI=1S/C6H4F11NO4S2/c1-2(7,8)3(9,10)5(14,15)23(19,20)18-24(21,22)6(16,17)4(11,12)13/h18H,1H3. The molecule has 18 heteroatoms. The minimum Gasteiger partial charge on any atom is -0.205 e. The minimum atomic E-state index is -7.68. The summed E-state index contributed by atoms with van der Waals surface area (Å²) in [5, 5.41) is -14.1. The maximum atomic E-state index is 13.0. The molecule has 0 saturated carbocycles. The third-order valence-electron chi connectivity index (χ3n) is 2.14. The van der Waals surface area contributed by atoms with Gasteiger partial charge in [-0.25, -0.2) is 16.8 Å². The maximum absolute atomic E-state index is 13.0. The number of halogens is 11. The first kappa shape index (κ1) is 23.1. The molecule has 0 saturated heterocycles. The van der Waals surface area contributed by atoms with Crippen LogP contribution in [0.25, 0.3) is 0 Å². The highest BCUT2D eigenvalue weighted by Gasteiger charge is 2.77. The number of sulfonamides is 2. The van der Waals surface area contributed by atoms with Crippen LogP contribution in [0.2, 0.25) is 0 Å². The van der Waals surface area contributed by atoms with Crippen molar-refractivity contribution in [1.82, 2.24) is 4.13 Å². The van der Waals surface area contributed by atoms with Crippen LogP contribution in [-0.2, 0) is 20.0 Å². The molecule has 0 spiro atoms. The van der Waals surface area contributed by atoms with E-state index in [1.165, 1.54) is 0 Å². The number of nitrogens with one attached hydrogen (secondary N) is 1. The lowest BCUT2D eigenvalue weighted by atomic mass is 10.2. The largest absolute Gasteiger partial charge is 0.471 e. The van der Waals surface area contributed by atoms with Gasteiger partial charge in [-0.1, -0.05) is 4.13 Å². The van der Waals surface area contributed by atoms with Gasteiger partial charge in [0.2, 0.25) is 0 Å². The van der Waals surface area contributed by atoms with Crippen LogP contribution in [0.4, 0.5) is 48.3 Å². The molecule has 0 aromatic carbocycles. The first-order chi connectivity index (χ1) is 9.96. The van der Waals surface area contributed by atoms with Gasteiger partial charge in [0.1, 0.15) is 0 Å². The second kappa shape index (κ2) is 5.55. The lowest BCUT2D eigenvalue weighted by Gasteiger charge is -2.30. The summed E-state index contributed by atoms with van der Waals surface area (Å²) in [7, 11) is -15.3. The average Bonchev–Trinajstić information content (AvgIpc) is 2.23. The molecule has 0 amide bonds. The zero-order chi connectivity index (χ0) is 20.2. The highest BCUT2D eigenvalue weighted by Crippen LogP contribution is 2.48. The van der Waals surface area contributed by atoms with Crippen LogP contribution >= 0.6 is 0 Å². The lowest BCUT2D eigenvalue weighted by molar-refractivity contribution is -0.271. The van der Waals surface area contributed by atoms with Crippen LogP contribution in [-0.4, -0.2) is 45.4 Å². The van der Waals surface area contributed by atoms with E-state index < -0.39 is 59.6 Å². The number of hydrogen-bond acceptors (Lipinski definition) is 4. The Hall–Kier alpha value is -0.910. The van der Waals surface area contributed by atoms with Crippen molar-refractivity contribution in [3.8, 4) is 0 Å². The molecular weight excluding hydrogens is 423 g/mol. The van der Waals surface area contributed by atoms with Crippen molar-refractivity contribution in [2.24, 2.45) is 0 Å². The Balaban J connectivity index is 6.17. The highest BCUT2D eigenvalue weighted by molar-refractivity contribution is 8.05. The Labute approximate surface area is 125 Å². The van der Waals surface area contributed by atoms with Gasteiger partial charge in [0.25, 0.3) is 20.0 Å². The van der Waals surface area contributed by atoms with Crippen LogP contribution in [0.5, 0.6) is 0 Å². The Kier molecular flexibility index (Phi) is 5.34. The maximum Gasteiger partial charge on any atom is 0.471 e. The summed E-state index contributed by atoms with van der Waals surface area (Å²) in [5.74, 6) is -12.7. The first-order valence-corrected chi connectivity index (χ1v) is 7.78. The fourth-order valence-electron chi connectivity index (χ4n) is 0.826. The molecule has 0 heterocycles. The van der Waals surface area contributed by atoms with Crippen LogP contribution in [0.15, 0.2) is 0 Å². The van der Waals surface area contributed by atoms with Gasteiger partial charge in [-0.2, -0.15) is 48.3 Å². The minimum absolute atomic E-state index is 0.935. The van der Waals surface area contributed by atoms with Gasteiger partial charge in [-0.15, -0.1) is 0 Å². The van der Waals surface area contributed by atoms with Gasteiger partial charge in [0.15, 0.2) is 0 Å². The summed E-state index contributed by atoms with van der Waals surface area (Å²) in [6, 6.07) is 0. The van der Waals surface area contributed by atoms with Crippen LogP contribution in [0.1, 0.15) is 6.92 Å². The Morgan fingerprint density at radius 2 is 0.917 bits per heavy atom. The van der Waals surface area contributed by atoms with E-state index in [4.69, 9.17) is 0 Å². The first-order valence-electron chi connectivity index (χ1n) is 4.81. The SMILES string of the molecule is CC(F)(F)C(F)(F)C(F)(F)S(=O)(=O)NS(=O)(=O)C(F)(F)C(F)(F)F. The molecule has 0 fully saturated rings. The molecule has 0 aliphatic heterocycles. The van der Waals surface area contributed by atoms with Crippen molar-refractivity contribution in [2.45, 2.75) is 35.5 Å². The average molecular weight is 427 g/mol. The van der Waals surface area contributed by atoms with E-state index in [1.807, 2.05) is 0 Å². The molecule has 0 aromatic rings. The molecule has 0 rings (SSSR count). The van der Waals surface area contributed by atoms with Crippen molar-refractivity contribution in [1.29, 1.82) is 0 Å². The van der Waals surface area contributed by atoms with Gasteiger partial charge in [0.05, 0.1) is 0 Å². The molecule has 5 nitrogen and oxygen atoms in total. The predicted molar refractivity (Wildman–Crippen MR) is 52.5 cm³/mol. The van der Waals surface area contributed by atoms with Gasteiger partial charge in [-0.3, -0.25) is 0 Å². The van der Waals surface area contributed by atoms with E-state index >= 15 is 0 Å². The molecule has 0 aromatic heterocycles. The van der Waals surface area contributed by atoms with E-state index in [0.717, 1.165) is 0 Å². The normalized spacial score (nSPS) is 16.3. The van der Waals surface area contributed by atoms with Gasteiger partial charge in [-0.05, 0) is 0 Å². The summed E-state index contributed by atoms with van der Waals surface area (Å²) in [6.07, 6.45) is -7.04. The fourth-order valence-corrected chi connectivity index (χ4v) is 3.64. The zero-order valence-corrected chi connectivity index (χ0v) is 12.2. The Bertz CT molecular complexity index is 687. The molecule has 24 heavy (non-hydrogen) atoms. The van der Waals surface area contributed by atoms with Crippen molar-refractivity contribution in [2.75, 3.05) is 0 Å². The van der Waals surface area contributed by atoms with Crippen molar-refractivity contribution < 1.29 is 65.1 Å². The van der Waals surface area contributed by atoms with E-state index in [0.29, 0.717) is 0 Å². The number of hydrogen-bond donors (Lipinski definition) is 1. The summed E-state index contributed by atoms with van der Waals surface area (Å²) in [4.78, 5) is 0. The topological polar surface area (TPSA) is 80.3 Å². The quantitative estimate of drug-likeness (QED) is 0.660. The third kappa shape index (κ3) is 3.39. The summed E-state index contributed by atoms with van der Waals surface area (Å²) >= 11 is 0. The molecule has 0 bridgehead atoms. The predicted octanol–water partition coefficient (Wildman–Crippen LogP) is 2.27. The van der Waals surface area contributed by atoms with E-state index in [9.17, 15) is 65.1 Å². The Morgan fingerprint density at radius 1 is 0.625 bits per heavy atom. The number of rotatable bonds is 6. The summed E-state index contributed by atoms with van der Waals surface area (Å²) < 4.78 is 179. The van der Waals surface area contributed by atoms with Gasteiger partial charge < -0.3 is 0 Å². The molecule has 0 unspecified atom stereocenters. The highest BCUT2D eigenvalue weighted by atomic mass is 32.3. The molecular formula is C6H4F11NO4S2. The second-order valence-corrected chi connectivity index (χ2v) is 7.79. The second-order valence-electron chi connectivity index (χ2n) is 4.08. The smallest absolute Gasteiger partial charge is 0.205 e. The summed E-state index contributed by atoms with van der Waals surface area (Å²) in [5.41, 5.74) is 0. The fraction of sp³-hybridized carbons (Fsp3) is 1.00. The van der Waals surface area contributed by atoms with Crippen LogP contribution in [0.3, 0.4) is 0 Å². The lowest BCUT2D eigenvalue weighted by Crippen LogP contribution is -2.62. The zero-order valence-electron chi connectivity index (χ0n) is 10.6. The van der Waals surface area contributed by atoms with Crippen molar-refractivity contribution >= 4 is 20.0 Å². The number of alkyl halides is 11. The van der Waals surface area contributed by atoms with Crippen molar-refractivity contribution in [3.05, 3.63) is 0 Å². The van der Waals surface area contributed by atoms with Crippen LogP contribution < -0.4 is 4.13 Å². The Morgan fingerprint density at radius 3 is 1.17 bits per heavy atom. The monoisotopic (exact) mass is 427 g/mol. The molecule has 0 radical (unpaired) electrons.